The highest BCUT2D eigenvalue weighted by Crippen LogP contribution is 2.19. The van der Waals surface area contributed by atoms with Gasteiger partial charge in [-0.25, -0.2) is 0 Å². The summed E-state index contributed by atoms with van der Waals surface area (Å²) in [7, 11) is 0. The Morgan fingerprint density at radius 2 is 2.06 bits per heavy atom. The number of ketones is 1. The predicted octanol–water partition coefficient (Wildman–Crippen LogP) is 2.76. The highest BCUT2D eigenvalue weighted by molar-refractivity contribution is 9.10. The van der Waals surface area contributed by atoms with Gasteiger partial charge in [0.15, 0.2) is 5.78 Å². The summed E-state index contributed by atoms with van der Waals surface area (Å²) in [5.74, 6) is -0.262. The molecule has 0 N–H and O–H groups in total. The summed E-state index contributed by atoms with van der Waals surface area (Å²) >= 11 is 3.34. The first-order valence-corrected chi connectivity index (χ1v) is 5.79. The van der Waals surface area contributed by atoms with E-state index < -0.39 is 0 Å². The van der Waals surface area contributed by atoms with Crippen molar-refractivity contribution in [3.63, 3.8) is 0 Å². The monoisotopic (exact) mass is 284 g/mol. The molecule has 0 amide bonds. The van der Waals surface area contributed by atoms with Crippen LogP contribution in [0, 0.1) is 0 Å². The van der Waals surface area contributed by atoms with E-state index in [1.54, 1.807) is 25.1 Å². The molecule has 1 rings (SSSR count). The number of halogens is 1. The number of carbonyl (C=O) groups excluding carboxylic acids is 2. The molecule has 0 fully saturated rings. The summed E-state index contributed by atoms with van der Waals surface area (Å²) in [4.78, 5) is 22.4. The van der Waals surface area contributed by atoms with Crippen LogP contribution in [0.4, 0.5) is 0 Å². The Balaban J connectivity index is 2.83. The Bertz CT molecular complexity index is 413. The Kier molecular flexibility index (Phi) is 4.68. The van der Waals surface area contributed by atoms with Crippen molar-refractivity contribution in [3.8, 4) is 0 Å². The summed E-state index contributed by atoms with van der Waals surface area (Å²) in [6.45, 7) is 3.65. The summed E-state index contributed by atoms with van der Waals surface area (Å²) in [6.07, 6.45) is 0.215. The molecule has 0 saturated carbocycles. The Hall–Kier alpha value is -1.16. The maximum absolute atomic E-state index is 11.3. The van der Waals surface area contributed by atoms with Crippen LogP contribution in [0.25, 0.3) is 0 Å². The molecule has 0 saturated heterocycles. The van der Waals surface area contributed by atoms with E-state index in [9.17, 15) is 9.59 Å². The third-order valence-electron chi connectivity index (χ3n) is 2.10. The van der Waals surface area contributed by atoms with Crippen molar-refractivity contribution in [1.29, 1.82) is 0 Å². The van der Waals surface area contributed by atoms with Gasteiger partial charge in [-0.1, -0.05) is 28.1 Å². The molecular weight excluding hydrogens is 272 g/mol. The van der Waals surface area contributed by atoms with E-state index in [0.29, 0.717) is 12.2 Å². The number of esters is 1. The zero-order chi connectivity index (χ0) is 12.1. The first-order chi connectivity index (χ1) is 7.54. The summed E-state index contributed by atoms with van der Waals surface area (Å²) in [5.41, 5.74) is 1.45. The molecule has 0 radical (unpaired) electrons. The molecule has 4 heteroatoms. The second-order valence-electron chi connectivity index (χ2n) is 3.34. The third kappa shape index (κ3) is 3.45. The van der Waals surface area contributed by atoms with Crippen molar-refractivity contribution in [1.82, 2.24) is 0 Å². The molecule has 0 unspecified atom stereocenters. The zero-order valence-corrected chi connectivity index (χ0v) is 10.8. The number of hydrogen-bond donors (Lipinski definition) is 0. The molecule has 0 aliphatic carbocycles. The maximum atomic E-state index is 11.3. The molecule has 1 aromatic carbocycles. The van der Waals surface area contributed by atoms with Gasteiger partial charge in [0.2, 0.25) is 0 Å². The van der Waals surface area contributed by atoms with E-state index in [1.807, 2.05) is 0 Å². The van der Waals surface area contributed by atoms with Crippen molar-refractivity contribution in [2.24, 2.45) is 0 Å². The van der Waals surface area contributed by atoms with Gasteiger partial charge in [-0.3, -0.25) is 9.59 Å². The summed E-state index contributed by atoms with van der Waals surface area (Å²) < 4.78 is 5.61. The molecule has 16 heavy (non-hydrogen) atoms. The van der Waals surface area contributed by atoms with Crippen LogP contribution >= 0.6 is 15.9 Å². The largest absolute Gasteiger partial charge is 0.466 e. The van der Waals surface area contributed by atoms with Crippen LogP contribution in [0.5, 0.6) is 0 Å². The fourth-order valence-electron chi connectivity index (χ4n) is 1.28. The van der Waals surface area contributed by atoms with Crippen LogP contribution in [0.1, 0.15) is 29.8 Å². The summed E-state index contributed by atoms with van der Waals surface area (Å²) in [5, 5.41) is 0. The first kappa shape index (κ1) is 12.9. The first-order valence-electron chi connectivity index (χ1n) is 4.99. The van der Waals surface area contributed by atoms with E-state index in [0.717, 1.165) is 10.0 Å². The van der Waals surface area contributed by atoms with Crippen LogP contribution in [-0.2, 0) is 16.0 Å². The molecule has 0 aliphatic heterocycles. The average molecular weight is 285 g/mol. The van der Waals surface area contributed by atoms with Crippen LogP contribution in [0.2, 0.25) is 0 Å². The summed E-state index contributed by atoms with van der Waals surface area (Å²) in [6, 6.07) is 5.19. The van der Waals surface area contributed by atoms with E-state index in [2.05, 4.69) is 15.9 Å². The van der Waals surface area contributed by atoms with Gasteiger partial charge in [0, 0.05) is 10.0 Å². The number of Topliss-reactive ketones (excluding diaryl/α,β-unsaturated/α-hetero) is 1. The van der Waals surface area contributed by atoms with E-state index >= 15 is 0 Å². The van der Waals surface area contributed by atoms with Gasteiger partial charge in [0.25, 0.3) is 0 Å². The van der Waals surface area contributed by atoms with Crippen molar-refractivity contribution in [2.75, 3.05) is 6.61 Å². The van der Waals surface area contributed by atoms with Gasteiger partial charge in [-0.05, 0) is 25.5 Å². The smallest absolute Gasteiger partial charge is 0.310 e. The second kappa shape index (κ2) is 5.80. The van der Waals surface area contributed by atoms with Gasteiger partial charge in [0.1, 0.15) is 0 Å². The number of rotatable bonds is 4. The van der Waals surface area contributed by atoms with Crippen molar-refractivity contribution in [2.45, 2.75) is 20.3 Å². The molecule has 3 nitrogen and oxygen atoms in total. The van der Waals surface area contributed by atoms with Gasteiger partial charge in [-0.15, -0.1) is 0 Å². The molecule has 86 valence electrons. The molecule has 1 aromatic rings. The highest BCUT2D eigenvalue weighted by Gasteiger charge is 2.09. The third-order valence-corrected chi connectivity index (χ3v) is 2.84. The van der Waals surface area contributed by atoms with Crippen LogP contribution in [0.3, 0.4) is 0 Å². The SMILES string of the molecule is CCOC(=O)Cc1ccc(C(C)=O)cc1Br. The van der Waals surface area contributed by atoms with E-state index in [-0.39, 0.29) is 18.2 Å². The predicted molar refractivity (Wildman–Crippen MR) is 64.5 cm³/mol. The normalized spacial score (nSPS) is 9.94. The van der Waals surface area contributed by atoms with Crippen LogP contribution in [0.15, 0.2) is 22.7 Å². The number of ether oxygens (including phenoxy) is 1. The lowest BCUT2D eigenvalue weighted by Gasteiger charge is -2.05. The Morgan fingerprint density at radius 1 is 1.38 bits per heavy atom. The van der Waals surface area contributed by atoms with Crippen molar-refractivity contribution in [3.05, 3.63) is 33.8 Å². The van der Waals surface area contributed by atoms with Crippen LogP contribution in [-0.4, -0.2) is 18.4 Å². The lowest BCUT2D eigenvalue weighted by Crippen LogP contribution is -2.08. The van der Waals surface area contributed by atoms with Gasteiger partial charge in [0.05, 0.1) is 13.0 Å². The fraction of sp³-hybridized carbons (Fsp3) is 0.333. The standard InChI is InChI=1S/C12H13BrO3/c1-3-16-12(15)7-10-5-4-9(8(2)14)6-11(10)13/h4-6H,3,7H2,1-2H3. The molecular formula is C12H13BrO3. The second-order valence-corrected chi connectivity index (χ2v) is 4.20. The number of hydrogen-bond acceptors (Lipinski definition) is 3. The van der Waals surface area contributed by atoms with Gasteiger partial charge >= 0.3 is 5.97 Å². The Labute approximate surface area is 103 Å². The van der Waals surface area contributed by atoms with E-state index in [4.69, 9.17) is 4.74 Å². The quantitative estimate of drug-likeness (QED) is 0.631. The minimum absolute atomic E-state index is 0.00313. The Morgan fingerprint density at radius 3 is 2.56 bits per heavy atom. The van der Waals surface area contributed by atoms with Gasteiger partial charge in [-0.2, -0.15) is 0 Å². The lowest BCUT2D eigenvalue weighted by molar-refractivity contribution is -0.142. The van der Waals surface area contributed by atoms with Crippen molar-refractivity contribution >= 4 is 27.7 Å². The fourth-order valence-corrected chi connectivity index (χ4v) is 1.80. The topological polar surface area (TPSA) is 43.4 Å². The number of benzene rings is 1. The minimum atomic E-state index is -0.265. The van der Waals surface area contributed by atoms with Gasteiger partial charge < -0.3 is 4.74 Å². The molecule has 0 spiro atoms. The van der Waals surface area contributed by atoms with Crippen molar-refractivity contribution < 1.29 is 14.3 Å². The van der Waals surface area contributed by atoms with Crippen LogP contribution < -0.4 is 0 Å². The number of carbonyl (C=O) groups is 2. The molecule has 0 atom stereocenters. The molecule has 0 aliphatic rings. The minimum Gasteiger partial charge on any atom is -0.466 e. The zero-order valence-electron chi connectivity index (χ0n) is 9.25. The maximum Gasteiger partial charge on any atom is 0.310 e. The van der Waals surface area contributed by atoms with E-state index in [1.165, 1.54) is 6.92 Å². The molecule has 0 bridgehead atoms. The molecule has 0 heterocycles. The lowest BCUT2D eigenvalue weighted by atomic mass is 10.1. The molecule has 0 aromatic heterocycles. The highest BCUT2D eigenvalue weighted by atomic mass is 79.9. The average Bonchev–Trinajstić information content (AvgIpc) is 2.21.